The molecule has 8 aromatic carbocycles. The molecule has 0 spiro atoms. The Labute approximate surface area is 328 Å². The first-order valence-corrected chi connectivity index (χ1v) is 19.8. The lowest BCUT2D eigenvalue weighted by atomic mass is 9.73. The molecule has 0 amide bonds. The summed E-state index contributed by atoms with van der Waals surface area (Å²) in [6, 6.07) is 67.5. The van der Waals surface area contributed by atoms with Gasteiger partial charge in [0.25, 0.3) is 0 Å². The quantitative estimate of drug-likeness (QED) is 0.176. The molecule has 0 saturated carbocycles. The third kappa shape index (κ3) is 4.69. The number of hydrogen-bond acceptors (Lipinski definition) is 1. The monoisotopic (exact) mass is 718 g/mol. The maximum Gasteiger partial charge on any atom is 0.0544 e. The summed E-state index contributed by atoms with van der Waals surface area (Å²) in [6.07, 6.45) is 0. The Hall–Kier alpha value is -6.64. The van der Waals surface area contributed by atoms with Crippen LogP contribution >= 0.6 is 0 Å². The molecule has 0 unspecified atom stereocenters. The van der Waals surface area contributed by atoms with Crippen molar-refractivity contribution in [2.75, 3.05) is 4.90 Å². The molecule has 1 aliphatic carbocycles. The van der Waals surface area contributed by atoms with Crippen LogP contribution in [0.1, 0.15) is 49.9 Å². The van der Waals surface area contributed by atoms with E-state index in [1.165, 1.54) is 94.5 Å². The van der Waals surface area contributed by atoms with Gasteiger partial charge in [-0.3, -0.25) is 0 Å². The maximum atomic E-state index is 2.47. The van der Waals surface area contributed by atoms with Crippen LogP contribution in [-0.2, 0) is 10.8 Å². The summed E-state index contributed by atoms with van der Waals surface area (Å²) in [6.45, 7) is 9.41. The molecule has 0 fully saturated rings. The standard InChI is InChI=1S/C54H42N2/c1-53(2)45-17-9-8-16-41(45)42-33-44-43-32-38(35-14-6-5-7-15-35)26-31-49(43)55(52(44)34-48(42)53)39-27-22-36(23-28-39)37-24-29-40(30-25-37)56-50-20-12-10-18-46(50)54(3,4)47-19-11-13-21-51(47)56/h5-34H,1-4H3. The number of nitrogens with zero attached hydrogens (tertiary/aromatic N) is 2. The van der Waals surface area contributed by atoms with Crippen LogP contribution in [0.2, 0.25) is 0 Å². The van der Waals surface area contributed by atoms with Crippen LogP contribution < -0.4 is 4.90 Å². The summed E-state index contributed by atoms with van der Waals surface area (Å²) >= 11 is 0. The highest BCUT2D eigenvalue weighted by Gasteiger charge is 2.37. The van der Waals surface area contributed by atoms with Crippen molar-refractivity contribution in [2.45, 2.75) is 38.5 Å². The highest BCUT2D eigenvalue weighted by Crippen LogP contribution is 2.53. The zero-order valence-corrected chi connectivity index (χ0v) is 32.2. The Balaban J connectivity index is 1.01. The average molecular weight is 719 g/mol. The van der Waals surface area contributed by atoms with Crippen molar-refractivity contribution in [3.8, 4) is 39.1 Å². The molecule has 0 radical (unpaired) electrons. The van der Waals surface area contributed by atoms with Gasteiger partial charge < -0.3 is 9.47 Å². The van der Waals surface area contributed by atoms with Crippen molar-refractivity contribution in [2.24, 2.45) is 0 Å². The van der Waals surface area contributed by atoms with Gasteiger partial charge in [-0.1, -0.05) is 149 Å². The van der Waals surface area contributed by atoms with Gasteiger partial charge in [0.15, 0.2) is 0 Å². The molecule has 268 valence electrons. The molecule has 2 aliphatic rings. The molecule has 1 aromatic heterocycles. The molecule has 56 heavy (non-hydrogen) atoms. The molecule has 2 heteroatoms. The van der Waals surface area contributed by atoms with Crippen molar-refractivity contribution in [1.29, 1.82) is 0 Å². The van der Waals surface area contributed by atoms with Gasteiger partial charge in [0, 0.05) is 33.0 Å². The lowest BCUT2D eigenvalue weighted by Gasteiger charge is -2.42. The van der Waals surface area contributed by atoms with Gasteiger partial charge in [0.05, 0.1) is 22.4 Å². The van der Waals surface area contributed by atoms with Gasteiger partial charge in [0.2, 0.25) is 0 Å². The fourth-order valence-electron chi connectivity index (χ4n) is 9.86. The molecule has 0 atom stereocenters. The lowest BCUT2D eigenvalue weighted by Crippen LogP contribution is -2.30. The van der Waals surface area contributed by atoms with Gasteiger partial charge in [-0.05, 0) is 116 Å². The smallest absolute Gasteiger partial charge is 0.0544 e. The Bertz CT molecular complexity index is 2950. The first-order chi connectivity index (χ1) is 27.3. The fourth-order valence-corrected chi connectivity index (χ4v) is 9.86. The van der Waals surface area contributed by atoms with Crippen molar-refractivity contribution in [3.05, 3.63) is 204 Å². The second kappa shape index (κ2) is 11.9. The van der Waals surface area contributed by atoms with E-state index < -0.39 is 0 Å². The normalized spacial score (nSPS) is 14.7. The minimum atomic E-state index is -0.0822. The molecule has 0 saturated heterocycles. The zero-order chi connectivity index (χ0) is 37.8. The van der Waals surface area contributed by atoms with Crippen LogP contribution in [0.5, 0.6) is 0 Å². The number of anilines is 3. The largest absolute Gasteiger partial charge is 0.310 e. The molecule has 2 nitrogen and oxygen atoms in total. The minimum Gasteiger partial charge on any atom is -0.310 e. The molecule has 2 heterocycles. The second-order valence-electron chi connectivity index (χ2n) is 16.6. The van der Waals surface area contributed by atoms with Crippen LogP contribution in [0.4, 0.5) is 17.1 Å². The maximum absolute atomic E-state index is 2.47. The highest BCUT2D eigenvalue weighted by atomic mass is 15.2. The number of benzene rings is 8. The van der Waals surface area contributed by atoms with E-state index in [1.54, 1.807) is 0 Å². The third-order valence-corrected chi connectivity index (χ3v) is 12.8. The van der Waals surface area contributed by atoms with Crippen LogP contribution in [0.25, 0.3) is 60.9 Å². The highest BCUT2D eigenvalue weighted by molar-refractivity contribution is 6.12. The average Bonchev–Trinajstić information content (AvgIpc) is 3.68. The topological polar surface area (TPSA) is 8.17 Å². The van der Waals surface area contributed by atoms with Crippen LogP contribution in [0.3, 0.4) is 0 Å². The molecular weight excluding hydrogens is 677 g/mol. The van der Waals surface area contributed by atoms with Crippen molar-refractivity contribution >= 4 is 38.9 Å². The molecule has 0 bridgehead atoms. The Kier molecular flexibility index (Phi) is 6.98. The number of aromatic nitrogens is 1. The molecular formula is C54H42N2. The van der Waals surface area contributed by atoms with Gasteiger partial charge in [-0.15, -0.1) is 0 Å². The number of fused-ring (bicyclic) bond motifs is 8. The molecule has 0 N–H and O–H groups in total. The number of para-hydroxylation sites is 2. The van der Waals surface area contributed by atoms with E-state index in [9.17, 15) is 0 Å². The van der Waals surface area contributed by atoms with E-state index >= 15 is 0 Å². The third-order valence-electron chi connectivity index (χ3n) is 12.8. The fraction of sp³-hybridized carbons (Fsp3) is 0.111. The van der Waals surface area contributed by atoms with Crippen LogP contribution in [0.15, 0.2) is 182 Å². The predicted molar refractivity (Wildman–Crippen MR) is 236 cm³/mol. The summed E-state index contributed by atoms with van der Waals surface area (Å²) in [5.41, 5.74) is 20.2. The molecule has 9 aromatic rings. The van der Waals surface area contributed by atoms with E-state index in [4.69, 9.17) is 0 Å². The van der Waals surface area contributed by atoms with E-state index in [0.29, 0.717) is 0 Å². The Morgan fingerprint density at radius 3 is 1.50 bits per heavy atom. The summed E-state index contributed by atoms with van der Waals surface area (Å²) in [4.78, 5) is 2.42. The van der Waals surface area contributed by atoms with Crippen molar-refractivity contribution in [3.63, 3.8) is 0 Å². The Morgan fingerprint density at radius 2 is 0.839 bits per heavy atom. The number of hydrogen-bond donors (Lipinski definition) is 0. The van der Waals surface area contributed by atoms with Gasteiger partial charge in [0.1, 0.15) is 0 Å². The molecule has 1 aliphatic heterocycles. The zero-order valence-electron chi connectivity index (χ0n) is 32.2. The van der Waals surface area contributed by atoms with Gasteiger partial charge in [-0.2, -0.15) is 0 Å². The summed E-state index contributed by atoms with van der Waals surface area (Å²) in [5.74, 6) is 0. The van der Waals surface area contributed by atoms with E-state index in [-0.39, 0.29) is 10.8 Å². The van der Waals surface area contributed by atoms with Crippen LogP contribution in [0, 0.1) is 0 Å². The van der Waals surface area contributed by atoms with Crippen molar-refractivity contribution in [1.82, 2.24) is 4.57 Å². The van der Waals surface area contributed by atoms with Crippen molar-refractivity contribution < 1.29 is 0 Å². The first-order valence-electron chi connectivity index (χ1n) is 19.8. The summed E-state index contributed by atoms with van der Waals surface area (Å²) in [5, 5.41) is 2.56. The Morgan fingerprint density at radius 1 is 0.339 bits per heavy atom. The summed E-state index contributed by atoms with van der Waals surface area (Å²) < 4.78 is 2.47. The number of rotatable bonds is 4. The second-order valence-corrected chi connectivity index (χ2v) is 16.6. The van der Waals surface area contributed by atoms with E-state index in [0.717, 1.165) is 5.69 Å². The SMILES string of the molecule is CC1(C)c2ccccc2-c2cc3c4cc(-c5ccccc5)ccc4n(-c4ccc(-c5ccc(N6c7ccccc7C(C)(C)c7ccccc76)cc5)cc4)c3cc21. The lowest BCUT2D eigenvalue weighted by molar-refractivity contribution is 0.632. The minimum absolute atomic E-state index is 0.0762. The first kappa shape index (κ1) is 32.8. The predicted octanol–water partition coefficient (Wildman–Crippen LogP) is 14.5. The van der Waals surface area contributed by atoms with Crippen LogP contribution in [-0.4, -0.2) is 4.57 Å². The van der Waals surface area contributed by atoms with Gasteiger partial charge in [-0.25, -0.2) is 0 Å². The summed E-state index contributed by atoms with van der Waals surface area (Å²) in [7, 11) is 0. The van der Waals surface area contributed by atoms with E-state index in [2.05, 4.69) is 219 Å². The van der Waals surface area contributed by atoms with Gasteiger partial charge >= 0.3 is 0 Å². The molecule has 11 rings (SSSR count). The van der Waals surface area contributed by atoms with E-state index in [1.807, 2.05) is 0 Å².